The van der Waals surface area contributed by atoms with Gasteiger partial charge in [-0.15, -0.1) is 0 Å². The van der Waals surface area contributed by atoms with E-state index in [4.69, 9.17) is 1.37 Å². The Balaban J connectivity index is 1.77. The zero-order valence-electron chi connectivity index (χ0n) is 14.6. The molecule has 0 spiro atoms. The average molecular weight is 286 g/mol. The molecule has 4 aliphatic carbocycles. The summed E-state index contributed by atoms with van der Waals surface area (Å²) in [5.41, 5.74) is 1.84. The van der Waals surface area contributed by atoms with E-state index in [9.17, 15) is 4.79 Å². The van der Waals surface area contributed by atoms with E-state index in [1.54, 1.807) is 0 Å². The number of allylic oxidation sites excluding steroid dienone is 4. The van der Waals surface area contributed by atoms with Crippen molar-refractivity contribution in [2.45, 2.75) is 59.3 Å². The minimum atomic E-state index is -0.0840. The fourth-order valence-corrected chi connectivity index (χ4v) is 6.53. The second-order valence-corrected chi connectivity index (χ2v) is 8.63. The third-order valence-corrected chi connectivity index (χ3v) is 7.57. The van der Waals surface area contributed by atoms with Crippen molar-refractivity contribution in [2.24, 2.45) is 34.5 Å². The van der Waals surface area contributed by atoms with Crippen LogP contribution in [0.3, 0.4) is 0 Å². The second-order valence-electron chi connectivity index (χ2n) is 8.63. The fourth-order valence-electron chi connectivity index (χ4n) is 6.53. The molecule has 0 aromatic rings. The van der Waals surface area contributed by atoms with Crippen molar-refractivity contribution in [3.8, 4) is 0 Å². The van der Waals surface area contributed by atoms with Gasteiger partial charge in [0.05, 0.1) is 1.37 Å². The lowest BCUT2D eigenvalue weighted by Gasteiger charge is -2.57. The molecule has 0 N–H and O–H groups in total. The zero-order valence-corrected chi connectivity index (χ0v) is 13.6. The van der Waals surface area contributed by atoms with Crippen LogP contribution in [-0.2, 0) is 4.79 Å². The number of ketones is 1. The van der Waals surface area contributed by atoms with Crippen molar-refractivity contribution >= 4 is 5.78 Å². The van der Waals surface area contributed by atoms with Crippen LogP contribution in [-0.4, -0.2) is 5.78 Å². The number of carbonyl (C=O) groups excluding carboxylic acids is 1. The highest BCUT2D eigenvalue weighted by Gasteiger charge is 2.56. The van der Waals surface area contributed by atoms with Gasteiger partial charge in [0.15, 0.2) is 5.78 Å². The lowest BCUT2D eigenvalue weighted by molar-refractivity contribution is -0.111. The number of hydrogen-bond donors (Lipinski definition) is 0. The maximum atomic E-state index is 12.0. The summed E-state index contributed by atoms with van der Waals surface area (Å²) in [6.45, 7) is 7.14. The molecule has 0 unspecified atom stereocenters. The van der Waals surface area contributed by atoms with Crippen LogP contribution in [0.2, 0.25) is 0 Å². The molecule has 0 aromatic heterocycles. The Morgan fingerprint density at radius 3 is 2.86 bits per heavy atom. The van der Waals surface area contributed by atoms with Gasteiger partial charge in [0.2, 0.25) is 0 Å². The fraction of sp³-hybridized carbons (Fsp3) is 0.750. The van der Waals surface area contributed by atoms with Gasteiger partial charge in [-0.3, -0.25) is 4.79 Å². The van der Waals surface area contributed by atoms with Crippen molar-refractivity contribution in [1.29, 1.82) is 0 Å². The first-order chi connectivity index (χ1) is 10.3. The monoisotopic (exact) mass is 286 g/mol. The van der Waals surface area contributed by atoms with E-state index in [1.165, 1.54) is 44.1 Å². The molecule has 0 aliphatic heterocycles. The molecule has 0 heterocycles. The number of hydrogen-bond acceptors (Lipinski definition) is 1. The summed E-state index contributed by atoms with van der Waals surface area (Å²) < 4.78 is 8.05. The minimum Gasteiger partial charge on any atom is -0.290 e. The van der Waals surface area contributed by atoms with Gasteiger partial charge in [-0.05, 0) is 73.3 Å². The van der Waals surface area contributed by atoms with Crippen LogP contribution in [0.25, 0.3) is 0 Å². The Labute approximate surface area is 130 Å². The summed E-state index contributed by atoms with van der Waals surface area (Å²) in [5, 5.41) is 0. The molecule has 4 rings (SSSR count). The van der Waals surface area contributed by atoms with Gasteiger partial charge < -0.3 is 0 Å². The average Bonchev–Trinajstić information content (AvgIpc) is 2.84. The quantitative estimate of drug-likeness (QED) is 0.617. The van der Waals surface area contributed by atoms with E-state index >= 15 is 0 Å². The van der Waals surface area contributed by atoms with E-state index < -0.39 is 0 Å². The lowest BCUT2D eigenvalue weighted by atomic mass is 9.47. The molecule has 0 radical (unpaired) electrons. The molecule has 0 amide bonds. The van der Waals surface area contributed by atoms with Crippen LogP contribution in [0.15, 0.2) is 23.8 Å². The van der Waals surface area contributed by atoms with Crippen molar-refractivity contribution < 1.29 is 6.17 Å². The Bertz CT molecular complexity index is 589. The Morgan fingerprint density at radius 2 is 2.05 bits per heavy atom. The summed E-state index contributed by atoms with van der Waals surface area (Å²) in [4.78, 5) is 12.0. The van der Waals surface area contributed by atoms with Gasteiger partial charge >= 0.3 is 0 Å². The Hall–Kier alpha value is -0.850. The molecule has 114 valence electrons. The maximum absolute atomic E-state index is 12.0. The standard InChI is InChI=1S/C20H28O/c1-13-11-15-16-5-4-8-19(16,2)9-7-17(15)20(3)10-6-14(21)12-18(13)20/h6,10,12-13,15-17H,4-5,7-9,11H2,1-3H3/t13-,15-,16-,17-,19-,20+/m0/s1/i6T. The predicted molar refractivity (Wildman–Crippen MR) is 85.8 cm³/mol. The molecule has 0 bridgehead atoms. The predicted octanol–water partition coefficient (Wildman–Crippen LogP) is 4.93. The third kappa shape index (κ3) is 1.79. The summed E-state index contributed by atoms with van der Waals surface area (Å²) >= 11 is 0. The molecule has 1 heteroatoms. The van der Waals surface area contributed by atoms with E-state index in [0.717, 1.165) is 11.8 Å². The van der Waals surface area contributed by atoms with Crippen molar-refractivity contribution in [2.75, 3.05) is 0 Å². The smallest absolute Gasteiger partial charge is 0.178 e. The van der Waals surface area contributed by atoms with Gasteiger partial charge in [0, 0.05) is 5.41 Å². The van der Waals surface area contributed by atoms with Gasteiger partial charge in [-0.1, -0.05) is 38.8 Å². The van der Waals surface area contributed by atoms with E-state index in [0.29, 0.717) is 17.3 Å². The van der Waals surface area contributed by atoms with E-state index in [2.05, 4.69) is 20.8 Å². The first-order valence-corrected chi connectivity index (χ1v) is 8.81. The highest BCUT2D eigenvalue weighted by molar-refractivity contribution is 6.01. The van der Waals surface area contributed by atoms with E-state index in [-0.39, 0.29) is 17.3 Å². The van der Waals surface area contributed by atoms with Crippen LogP contribution in [0.5, 0.6) is 0 Å². The molecule has 3 fully saturated rings. The second kappa shape index (κ2) is 4.33. The number of carbonyl (C=O) groups is 1. The van der Waals surface area contributed by atoms with Crippen LogP contribution in [0.4, 0.5) is 0 Å². The summed E-state index contributed by atoms with van der Waals surface area (Å²) in [6.07, 6.45) is 11.9. The molecule has 21 heavy (non-hydrogen) atoms. The molecular formula is C20H28O. The first-order valence-electron chi connectivity index (χ1n) is 9.31. The number of fused-ring (bicyclic) bond motifs is 5. The number of rotatable bonds is 0. The lowest BCUT2D eigenvalue weighted by Crippen LogP contribution is -2.50. The van der Waals surface area contributed by atoms with Gasteiger partial charge in [-0.25, -0.2) is 0 Å². The Morgan fingerprint density at radius 1 is 1.24 bits per heavy atom. The van der Waals surface area contributed by atoms with Crippen molar-refractivity contribution in [3.63, 3.8) is 0 Å². The van der Waals surface area contributed by atoms with Crippen LogP contribution >= 0.6 is 0 Å². The third-order valence-electron chi connectivity index (χ3n) is 7.57. The minimum absolute atomic E-state index is 0.0444. The topological polar surface area (TPSA) is 17.1 Å². The van der Waals surface area contributed by atoms with E-state index in [1.807, 2.05) is 12.2 Å². The maximum Gasteiger partial charge on any atom is 0.178 e. The molecular weight excluding hydrogens is 256 g/mol. The van der Waals surface area contributed by atoms with Crippen molar-refractivity contribution in [3.05, 3.63) is 23.8 Å². The van der Waals surface area contributed by atoms with Gasteiger partial charge in [0.25, 0.3) is 0 Å². The van der Waals surface area contributed by atoms with Crippen LogP contribution in [0.1, 0.15) is 60.7 Å². The molecule has 4 aliphatic rings. The first kappa shape index (κ1) is 12.7. The van der Waals surface area contributed by atoms with Crippen molar-refractivity contribution in [1.82, 2.24) is 0 Å². The summed E-state index contributed by atoms with van der Waals surface area (Å²) in [6, 6.07) is 0.221. The van der Waals surface area contributed by atoms with Crippen LogP contribution in [0, 0.1) is 34.5 Å². The molecule has 3 saturated carbocycles. The molecule has 0 saturated heterocycles. The van der Waals surface area contributed by atoms with Crippen LogP contribution < -0.4 is 0 Å². The normalized spacial score (nSPS) is 53.1. The highest BCUT2D eigenvalue weighted by atomic mass is 16.1. The van der Waals surface area contributed by atoms with Gasteiger partial charge in [-0.2, -0.15) is 0 Å². The zero-order chi connectivity index (χ0) is 15.7. The molecule has 0 aromatic carbocycles. The largest absolute Gasteiger partial charge is 0.290 e. The van der Waals surface area contributed by atoms with Gasteiger partial charge in [0.1, 0.15) is 0 Å². The highest BCUT2D eigenvalue weighted by Crippen LogP contribution is 2.65. The SMILES string of the molecule is [3H]C1=C[C@@]2(C)C(=CC1=O)[C@@H](C)C[C@H]1[C@@H]3CCC[C@@]3(C)CC[C@@H]12. The summed E-state index contributed by atoms with van der Waals surface area (Å²) in [7, 11) is 0. The Kier molecular flexibility index (Phi) is 2.62. The molecule has 6 atom stereocenters. The summed E-state index contributed by atoms with van der Waals surface area (Å²) in [5.74, 6) is 2.70. The molecule has 1 nitrogen and oxygen atoms in total.